The molecule has 1 N–H and O–H groups in total. The summed E-state index contributed by atoms with van der Waals surface area (Å²) in [5, 5.41) is 7.39. The molecule has 0 spiro atoms. The SMILES string of the molecule is FC(F)(F)Oc1ccc(-n2nc(Br)nc2NC2CCOC2)cc1. The molecule has 6 nitrogen and oxygen atoms in total. The fraction of sp³-hybridized carbons (Fsp3) is 0.385. The van der Waals surface area contributed by atoms with Crippen LogP contribution >= 0.6 is 15.9 Å². The van der Waals surface area contributed by atoms with Crippen LogP contribution in [-0.2, 0) is 4.74 Å². The number of hydrogen-bond acceptors (Lipinski definition) is 5. The summed E-state index contributed by atoms with van der Waals surface area (Å²) in [5.74, 6) is 0.191. The third-order valence-corrected chi connectivity index (χ3v) is 3.49. The molecule has 1 atom stereocenters. The van der Waals surface area contributed by atoms with Gasteiger partial charge in [-0.2, -0.15) is 9.67 Å². The van der Waals surface area contributed by atoms with Crippen LogP contribution in [0.5, 0.6) is 5.75 Å². The van der Waals surface area contributed by atoms with E-state index in [1.807, 2.05) is 0 Å². The van der Waals surface area contributed by atoms with Crippen molar-refractivity contribution in [1.82, 2.24) is 14.8 Å². The first kappa shape index (κ1) is 16.1. The van der Waals surface area contributed by atoms with E-state index in [1.54, 1.807) is 0 Å². The molecule has 2 aromatic rings. The molecule has 1 saturated heterocycles. The number of halogens is 4. The molecule has 1 unspecified atom stereocenters. The molecule has 124 valence electrons. The number of aromatic nitrogens is 3. The van der Waals surface area contributed by atoms with Gasteiger partial charge in [-0.15, -0.1) is 18.3 Å². The van der Waals surface area contributed by atoms with E-state index in [9.17, 15) is 13.2 Å². The quantitative estimate of drug-likeness (QED) is 0.865. The number of nitrogens with one attached hydrogen (secondary N) is 1. The Morgan fingerprint density at radius 3 is 2.65 bits per heavy atom. The van der Waals surface area contributed by atoms with E-state index in [0.29, 0.717) is 29.6 Å². The maximum Gasteiger partial charge on any atom is 0.573 e. The molecular formula is C13H12BrF3N4O2. The van der Waals surface area contributed by atoms with Crippen molar-refractivity contribution < 1.29 is 22.6 Å². The van der Waals surface area contributed by atoms with E-state index in [0.717, 1.165) is 6.42 Å². The Morgan fingerprint density at radius 2 is 2.04 bits per heavy atom. The van der Waals surface area contributed by atoms with Crippen molar-refractivity contribution in [2.45, 2.75) is 18.8 Å². The van der Waals surface area contributed by atoms with Gasteiger partial charge in [-0.3, -0.25) is 0 Å². The Morgan fingerprint density at radius 1 is 1.30 bits per heavy atom. The molecular weight excluding hydrogens is 381 g/mol. The number of rotatable bonds is 4. The zero-order valence-electron chi connectivity index (χ0n) is 11.7. The summed E-state index contributed by atoms with van der Waals surface area (Å²) in [6.45, 7) is 1.25. The fourth-order valence-electron chi connectivity index (χ4n) is 2.18. The summed E-state index contributed by atoms with van der Waals surface area (Å²) < 4.78 is 47.6. The Labute approximate surface area is 137 Å². The molecule has 2 heterocycles. The lowest BCUT2D eigenvalue weighted by atomic mass is 10.3. The second kappa shape index (κ2) is 6.36. The van der Waals surface area contributed by atoms with Crippen molar-refractivity contribution in [2.24, 2.45) is 0 Å². The van der Waals surface area contributed by atoms with Gasteiger partial charge in [0, 0.05) is 6.61 Å². The van der Waals surface area contributed by atoms with Crippen molar-refractivity contribution in [3.63, 3.8) is 0 Å². The molecule has 3 rings (SSSR count). The van der Waals surface area contributed by atoms with E-state index in [2.05, 4.69) is 36.1 Å². The number of ether oxygens (including phenoxy) is 2. The molecule has 1 aromatic heterocycles. The normalized spacial score (nSPS) is 18.2. The average Bonchev–Trinajstić information content (AvgIpc) is 3.08. The molecule has 0 amide bonds. The molecule has 23 heavy (non-hydrogen) atoms. The van der Waals surface area contributed by atoms with Gasteiger partial charge in [0.25, 0.3) is 0 Å². The van der Waals surface area contributed by atoms with Crippen molar-refractivity contribution >= 4 is 21.9 Å². The molecule has 1 fully saturated rings. The van der Waals surface area contributed by atoms with Gasteiger partial charge in [-0.05, 0) is 46.6 Å². The number of nitrogens with zero attached hydrogens (tertiary/aromatic N) is 3. The minimum absolute atomic E-state index is 0.123. The lowest BCUT2D eigenvalue weighted by molar-refractivity contribution is -0.274. The molecule has 1 aliphatic heterocycles. The smallest absolute Gasteiger partial charge is 0.406 e. The maximum atomic E-state index is 12.2. The van der Waals surface area contributed by atoms with E-state index in [4.69, 9.17) is 4.74 Å². The summed E-state index contributed by atoms with van der Waals surface area (Å²) in [6, 6.07) is 5.51. The van der Waals surface area contributed by atoms with Crippen LogP contribution < -0.4 is 10.1 Å². The Bertz CT molecular complexity index is 669. The van der Waals surface area contributed by atoms with E-state index >= 15 is 0 Å². The number of anilines is 1. The number of benzene rings is 1. The predicted molar refractivity (Wildman–Crippen MR) is 78.6 cm³/mol. The summed E-state index contributed by atoms with van der Waals surface area (Å²) in [5.41, 5.74) is 0.555. The van der Waals surface area contributed by atoms with Gasteiger partial charge < -0.3 is 14.8 Å². The lowest BCUT2D eigenvalue weighted by Gasteiger charge is -2.13. The van der Waals surface area contributed by atoms with Crippen LogP contribution in [0.3, 0.4) is 0 Å². The van der Waals surface area contributed by atoms with E-state index in [-0.39, 0.29) is 11.8 Å². The van der Waals surface area contributed by atoms with Crippen molar-refractivity contribution in [3.05, 3.63) is 29.0 Å². The minimum Gasteiger partial charge on any atom is -0.406 e. The van der Waals surface area contributed by atoms with Crippen LogP contribution in [0.1, 0.15) is 6.42 Å². The third-order valence-electron chi connectivity index (χ3n) is 3.16. The molecule has 0 aliphatic carbocycles. The van der Waals surface area contributed by atoms with Gasteiger partial charge in [0.2, 0.25) is 10.7 Å². The highest BCUT2D eigenvalue weighted by Crippen LogP contribution is 2.25. The third kappa shape index (κ3) is 4.14. The zero-order valence-corrected chi connectivity index (χ0v) is 13.3. The first-order valence-corrected chi connectivity index (χ1v) is 7.53. The largest absolute Gasteiger partial charge is 0.573 e. The molecule has 0 radical (unpaired) electrons. The fourth-order valence-corrected chi connectivity index (χ4v) is 2.51. The van der Waals surface area contributed by atoms with Gasteiger partial charge in [0.05, 0.1) is 18.3 Å². The van der Waals surface area contributed by atoms with Crippen LogP contribution in [0.4, 0.5) is 19.1 Å². The second-order valence-corrected chi connectivity index (χ2v) is 5.57. The summed E-state index contributed by atoms with van der Waals surface area (Å²) in [7, 11) is 0. The van der Waals surface area contributed by atoms with Crippen LogP contribution in [0.25, 0.3) is 5.69 Å². The highest BCUT2D eigenvalue weighted by atomic mass is 79.9. The van der Waals surface area contributed by atoms with Gasteiger partial charge in [0.1, 0.15) is 5.75 Å². The maximum absolute atomic E-state index is 12.2. The standard InChI is InChI=1S/C13H12BrF3N4O2/c14-11-19-12(18-8-5-6-22-7-8)21(20-11)9-1-3-10(4-2-9)23-13(15,16)17/h1-4,8H,5-7H2,(H,18,19,20). The van der Waals surface area contributed by atoms with E-state index in [1.165, 1.54) is 28.9 Å². The molecule has 10 heteroatoms. The zero-order chi connectivity index (χ0) is 16.4. The Hall–Kier alpha value is -1.81. The molecule has 1 aliphatic rings. The Kier molecular flexibility index (Phi) is 4.44. The van der Waals surface area contributed by atoms with Gasteiger partial charge in [-0.1, -0.05) is 0 Å². The topological polar surface area (TPSA) is 61.2 Å². The van der Waals surface area contributed by atoms with Crippen LogP contribution in [0.15, 0.2) is 29.0 Å². The van der Waals surface area contributed by atoms with Crippen molar-refractivity contribution in [3.8, 4) is 11.4 Å². The molecule has 0 saturated carbocycles. The van der Waals surface area contributed by atoms with Crippen LogP contribution in [0.2, 0.25) is 0 Å². The monoisotopic (exact) mass is 392 g/mol. The van der Waals surface area contributed by atoms with Crippen LogP contribution in [0, 0.1) is 0 Å². The van der Waals surface area contributed by atoms with Crippen molar-refractivity contribution in [2.75, 3.05) is 18.5 Å². The van der Waals surface area contributed by atoms with Gasteiger partial charge in [0.15, 0.2) is 0 Å². The van der Waals surface area contributed by atoms with Crippen molar-refractivity contribution in [1.29, 1.82) is 0 Å². The predicted octanol–water partition coefficient (Wildman–Crippen LogP) is 3.13. The minimum atomic E-state index is -4.72. The lowest BCUT2D eigenvalue weighted by Crippen LogP contribution is -2.21. The summed E-state index contributed by atoms with van der Waals surface area (Å²) >= 11 is 3.20. The number of alkyl halides is 3. The first-order valence-electron chi connectivity index (χ1n) is 6.74. The highest BCUT2D eigenvalue weighted by molar-refractivity contribution is 9.10. The summed E-state index contributed by atoms with van der Waals surface area (Å²) in [6.07, 6.45) is -3.87. The van der Waals surface area contributed by atoms with Gasteiger partial charge >= 0.3 is 6.36 Å². The van der Waals surface area contributed by atoms with Gasteiger partial charge in [-0.25, -0.2) is 0 Å². The van der Waals surface area contributed by atoms with E-state index < -0.39 is 6.36 Å². The Balaban J connectivity index is 1.80. The highest BCUT2D eigenvalue weighted by Gasteiger charge is 2.31. The number of hydrogen-bond donors (Lipinski definition) is 1. The second-order valence-electron chi connectivity index (χ2n) is 4.86. The van der Waals surface area contributed by atoms with Crippen LogP contribution in [-0.4, -0.2) is 40.4 Å². The molecule has 1 aromatic carbocycles. The first-order chi connectivity index (χ1) is 10.9. The average molecular weight is 393 g/mol. The summed E-state index contributed by atoms with van der Waals surface area (Å²) in [4.78, 5) is 4.22. The molecule has 0 bridgehead atoms.